The van der Waals surface area contributed by atoms with Crippen LogP contribution in [0.4, 0.5) is 0 Å². The molecule has 0 spiro atoms. The van der Waals surface area contributed by atoms with Gasteiger partial charge < -0.3 is 19.4 Å². The zero-order chi connectivity index (χ0) is 26.4. The van der Waals surface area contributed by atoms with Crippen LogP contribution in [-0.2, 0) is 19.1 Å². The van der Waals surface area contributed by atoms with Crippen molar-refractivity contribution in [1.82, 2.24) is 0 Å². The molecule has 3 saturated carbocycles. The molecular formula is C31H48O5. The highest BCUT2D eigenvalue weighted by atomic mass is 16.6. The number of aliphatic hydroxyl groups excluding tert-OH is 1. The third-order valence-electron chi connectivity index (χ3n) is 12.8. The molecule has 0 aromatic rings. The monoisotopic (exact) mass is 500 g/mol. The van der Waals surface area contributed by atoms with E-state index in [-0.39, 0.29) is 39.5 Å². The second-order valence-electron chi connectivity index (χ2n) is 15.0. The standard InChI is InChI=1S/C31H48O5/c1-26(2)12-14-31(25(34)35-7)15-13-29(5)20(21(31)16-26)8-9-23-28(4)17-24(33)36-19-27(3,18-32)22(28)10-11-30(23,29)6/h8,18,21-24,33H,9-17,19H2,1-7H3/t21-,22-,23+,24-,27-,28-,29+,30+,31-/m0/s1. The maximum absolute atomic E-state index is 13.4. The molecule has 4 fully saturated rings. The molecule has 1 aliphatic heterocycles. The lowest BCUT2D eigenvalue weighted by Gasteiger charge is -2.69. The molecule has 1 N–H and O–H groups in total. The number of rotatable bonds is 2. The molecule has 0 unspecified atom stereocenters. The molecule has 5 rings (SSSR count). The van der Waals surface area contributed by atoms with Gasteiger partial charge in [0.2, 0.25) is 0 Å². The molecule has 0 aromatic heterocycles. The van der Waals surface area contributed by atoms with Crippen LogP contribution < -0.4 is 0 Å². The van der Waals surface area contributed by atoms with Crippen LogP contribution in [0.5, 0.6) is 0 Å². The summed E-state index contributed by atoms with van der Waals surface area (Å²) >= 11 is 0. The lowest BCUT2D eigenvalue weighted by molar-refractivity contribution is -0.184. The normalized spacial score (nSPS) is 51.8. The van der Waals surface area contributed by atoms with Crippen LogP contribution in [0.3, 0.4) is 0 Å². The minimum absolute atomic E-state index is 0.0142. The summed E-state index contributed by atoms with van der Waals surface area (Å²) in [7, 11) is 1.56. The van der Waals surface area contributed by atoms with Gasteiger partial charge in [0, 0.05) is 11.8 Å². The van der Waals surface area contributed by atoms with Gasteiger partial charge in [-0.15, -0.1) is 0 Å². The number of carbonyl (C=O) groups is 2. The van der Waals surface area contributed by atoms with Crippen molar-refractivity contribution in [3.63, 3.8) is 0 Å². The molecule has 202 valence electrons. The summed E-state index contributed by atoms with van der Waals surface area (Å²) in [5.41, 5.74) is 0.524. The van der Waals surface area contributed by atoms with Gasteiger partial charge in [-0.25, -0.2) is 0 Å². The van der Waals surface area contributed by atoms with Gasteiger partial charge in [0.25, 0.3) is 0 Å². The van der Waals surface area contributed by atoms with E-state index in [0.29, 0.717) is 18.9 Å². The van der Waals surface area contributed by atoms with E-state index >= 15 is 0 Å². The third kappa shape index (κ3) is 3.33. The SMILES string of the molecule is COC(=O)[C@]12CCC(C)(C)C[C@H]1C1=CC[C@@H]3[C@@]4(C)C[C@@H](O)OC[C@](C)(C=O)[C@@H]4CC[C@@]3(C)[C@]1(C)CC2. The Labute approximate surface area is 217 Å². The van der Waals surface area contributed by atoms with Gasteiger partial charge in [-0.2, -0.15) is 0 Å². The van der Waals surface area contributed by atoms with Crippen molar-refractivity contribution < 1.29 is 24.2 Å². The van der Waals surface area contributed by atoms with Crippen LogP contribution in [0.25, 0.3) is 0 Å². The molecule has 5 nitrogen and oxygen atoms in total. The number of methoxy groups -OCH3 is 1. The summed E-state index contributed by atoms with van der Waals surface area (Å²) < 4.78 is 11.3. The Bertz CT molecular complexity index is 970. The number of aliphatic hydroxyl groups is 1. The summed E-state index contributed by atoms with van der Waals surface area (Å²) in [5.74, 6) is 0.733. The fourth-order valence-corrected chi connectivity index (χ4v) is 10.5. The number of esters is 1. The van der Waals surface area contributed by atoms with E-state index in [9.17, 15) is 14.7 Å². The van der Waals surface area contributed by atoms with E-state index in [2.05, 4.69) is 40.7 Å². The number of aldehydes is 1. The Hall–Kier alpha value is -1.20. The Morgan fingerprint density at radius 3 is 2.39 bits per heavy atom. The summed E-state index contributed by atoms with van der Waals surface area (Å²) in [5, 5.41) is 10.8. The van der Waals surface area contributed by atoms with E-state index in [1.165, 1.54) is 5.57 Å². The molecule has 0 amide bonds. The first-order valence-corrected chi connectivity index (χ1v) is 14.3. The van der Waals surface area contributed by atoms with E-state index in [1.54, 1.807) is 7.11 Å². The second-order valence-corrected chi connectivity index (χ2v) is 15.0. The Morgan fingerprint density at radius 2 is 1.72 bits per heavy atom. The molecular weight excluding hydrogens is 452 g/mol. The predicted molar refractivity (Wildman–Crippen MR) is 139 cm³/mol. The first-order valence-electron chi connectivity index (χ1n) is 14.3. The van der Waals surface area contributed by atoms with Crippen LogP contribution in [0.2, 0.25) is 0 Å². The van der Waals surface area contributed by atoms with E-state index in [1.807, 2.05) is 6.92 Å². The lowest BCUT2D eigenvalue weighted by Crippen LogP contribution is -2.63. The predicted octanol–water partition coefficient (Wildman–Crippen LogP) is 6.09. The van der Waals surface area contributed by atoms with Crippen molar-refractivity contribution in [2.45, 2.75) is 106 Å². The van der Waals surface area contributed by atoms with Crippen molar-refractivity contribution in [1.29, 1.82) is 0 Å². The molecule has 1 heterocycles. The Balaban J connectivity index is 1.62. The Morgan fingerprint density at radius 1 is 1.03 bits per heavy atom. The maximum atomic E-state index is 13.4. The highest BCUT2D eigenvalue weighted by molar-refractivity contribution is 5.78. The molecule has 0 aromatic carbocycles. The number of hydrogen-bond donors (Lipinski definition) is 1. The summed E-state index contributed by atoms with van der Waals surface area (Å²) in [6.45, 7) is 14.3. The van der Waals surface area contributed by atoms with Crippen LogP contribution in [0.15, 0.2) is 11.6 Å². The van der Waals surface area contributed by atoms with Crippen molar-refractivity contribution >= 4 is 12.3 Å². The molecule has 4 aliphatic carbocycles. The van der Waals surface area contributed by atoms with Gasteiger partial charge in [0.1, 0.15) is 6.29 Å². The quantitative estimate of drug-likeness (QED) is 0.282. The highest BCUT2D eigenvalue weighted by Crippen LogP contribution is 2.75. The van der Waals surface area contributed by atoms with Crippen molar-refractivity contribution in [3.8, 4) is 0 Å². The Kier molecular flexibility index (Phi) is 5.98. The molecule has 0 radical (unpaired) electrons. The van der Waals surface area contributed by atoms with Crippen LogP contribution in [-0.4, -0.2) is 37.4 Å². The van der Waals surface area contributed by atoms with E-state index in [0.717, 1.165) is 57.7 Å². The van der Waals surface area contributed by atoms with Gasteiger partial charge in [-0.05, 0) is 90.8 Å². The first kappa shape index (κ1) is 26.4. The zero-order valence-corrected chi connectivity index (χ0v) is 23.6. The van der Waals surface area contributed by atoms with Gasteiger partial charge in [-0.1, -0.05) is 53.2 Å². The largest absolute Gasteiger partial charge is 0.469 e. The number of carbonyl (C=O) groups excluding carboxylic acids is 2. The fraction of sp³-hybridized carbons (Fsp3) is 0.871. The lowest BCUT2D eigenvalue weighted by atomic mass is 9.34. The topological polar surface area (TPSA) is 72.8 Å². The molecule has 5 aliphatic rings. The number of ether oxygens (including phenoxy) is 2. The van der Waals surface area contributed by atoms with Gasteiger partial charge >= 0.3 is 5.97 Å². The number of allylic oxidation sites excluding steroid dienone is 2. The fourth-order valence-electron chi connectivity index (χ4n) is 10.5. The van der Waals surface area contributed by atoms with Crippen LogP contribution >= 0.6 is 0 Å². The van der Waals surface area contributed by atoms with Gasteiger partial charge in [-0.3, -0.25) is 4.79 Å². The van der Waals surface area contributed by atoms with Crippen molar-refractivity contribution in [2.75, 3.05) is 13.7 Å². The summed E-state index contributed by atoms with van der Waals surface area (Å²) in [4.78, 5) is 25.8. The molecule has 1 saturated heterocycles. The van der Waals surface area contributed by atoms with E-state index in [4.69, 9.17) is 9.47 Å². The minimum atomic E-state index is -0.836. The minimum Gasteiger partial charge on any atom is -0.469 e. The van der Waals surface area contributed by atoms with Crippen molar-refractivity contribution in [3.05, 3.63) is 11.6 Å². The number of hydrogen-bond acceptors (Lipinski definition) is 5. The smallest absolute Gasteiger partial charge is 0.312 e. The van der Waals surface area contributed by atoms with Gasteiger partial charge in [0.05, 0.1) is 19.1 Å². The molecule has 0 bridgehead atoms. The van der Waals surface area contributed by atoms with Crippen LogP contribution in [0.1, 0.15) is 99.3 Å². The molecule has 36 heavy (non-hydrogen) atoms. The first-order chi connectivity index (χ1) is 16.7. The molecule has 9 atom stereocenters. The summed E-state index contributed by atoms with van der Waals surface area (Å²) in [6, 6.07) is 0. The average molecular weight is 501 g/mol. The third-order valence-corrected chi connectivity index (χ3v) is 12.8. The highest BCUT2D eigenvalue weighted by Gasteiger charge is 2.69. The van der Waals surface area contributed by atoms with Crippen LogP contribution in [0, 0.1) is 50.2 Å². The summed E-state index contributed by atoms with van der Waals surface area (Å²) in [6.07, 6.45) is 11.2. The average Bonchev–Trinajstić information content (AvgIpc) is 2.92. The van der Waals surface area contributed by atoms with Gasteiger partial charge in [0.15, 0.2) is 6.29 Å². The number of fused-ring (bicyclic) bond motifs is 7. The zero-order valence-electron chi connectivity index (χ0n) is 23.6. The second kappa shape index (κ2) is 8.15. The molecule has 5 heteroatoms. The maximum Gasteiger partial charge on any atom is 0.312 e. The van der Waals surface area contributed by atoms with Crippen molar-refractivity contribution in [2.24, 2.45) is 50.2 Å². The van der Waals surface area contributed by atoms with E-state index < -0.39 is 17.1 Å².